The molecule has 5 N–H and O–H groups in total. The third kappa shape index (κ3) is 5.93. The van der Waals surface area contributed by atoms with Crippen molar-refractivity contribution in [2.24, 2.45) is 0 Å². The minimum Gasteiger partial charge on any atom is -0.497 e. The number of benzene rings is 4. The molecule has 0 saturated carbocycles. The first-order valence-electron chi connectivity index (χ1n) is 12.7. The third-order valence-corrected chi connectivity index (χ3v) is 6.77. The van der Waals surface area contributed by atoms with Crippen LogP contribution in [-0.4, -0.2) is 18.9 Å². The molecule has 4 aromatic carbocycles. The molecule has 1 heterocycles. The molecule has 0 bridgehead atoms. The Labute approximate surface area is 227 Å². The molecule has 1 aliphatic rings. The molecule has 1 unspecified atom stereocenters. The lowest BCUT2D eigenvalue weighted by atomic mass is 9.97. The highest BCUT2D eigenvalue weighted by molar-refractivity contribution is 6.05. The number of hydrogen-bond donors (Lipinski definition) is 4. The first kappa shape index (κ1) is 25.6. The lowest BCUT2D eigenvalue weighted by Gasteiger charge is -2.14. The van der Waals surface area contributed by atoms with E-state index in [1.165, 1.54) is 0 Å². The van der Waals surface area contributed by atoms with Gasteiger partial charge in [-0.3, -0.25) is 9.59 Å². The summed E-state index contributed by atoms with van der Waals surface area (Å²) in [5, 5.41) is 9.30. The number of nitrogens with two attached hydrogens (primary N) is 1. The Hall–Kier alpha value is -5.04. The van der Waals surface area contributed by atoms with Crippen LogP contribution in [0.1, 0.15) is 39.5 Å². The lowest BCUT2D eigenvalue weighted by Crippen LogP contribution is -2.30. The smallest absolute Gasteiger partial charge is 0.267 e. The maximum atomic E-state index is 13.4. The number of rotatable bonds is 8. The summed E-state index contributed by atoms with van der Waals surface area (Å²) in [4.78, 5) is 26.0. The molecule has 0 fully saturated rings. The summed E-state index contributed by atoms with van der Waals surface area (Å²) in [7, 11) is 1.63. The van der Waals surface area contributed by atoms with Crippen molar-refractivity contribution >= 4 is 28.8 Å². The molecule has 0 spiro atoms. The number of anilines is 2. The highest BCUT2D eigenvalue weighted by Gasteiger charge is 2.29. The summed E-state index contributed by atoms with van der Waals surface area (Å²) in [5.74, 6) is 0.334. The second kappa shape index (κ2) is 11.6. The normalized spacial score (nSPS) is 14.4. The fourth-order valence-electron chi connectivity index (χ4n) is 4.61. The van der Waals surface area contributed by atoms with Gasteiger partial charge in [0, 0.05) is 12.1 Å². The van der Waals surface area contributed by atoms with Gasteiger partial charge in [-0.1, -0.05) is 66.7 Å². The van der Waals surface area contributed by atoms with E-state index >= 15 is 0 Å². The fourth-order valence-corrected chi connectivity index (χ4v) is 4.61. The standard InChI is InChI=1S/C32H30N4O3/c1-39-25-17-15-22(16-18-25)26-19-29(23-7-3-2-4-8-23)35-30(26)32(38)34-20-21-11-13-24(14-12-21)31(37)36-28-10-6-5-9-27(28)33/h2-18,29,35H,19-20,33H2,1H3,(H,34,38)(H,36,37). The molecule has 7 nitrogen and oxygen atoms in total. The van der Waals surface area contributed by atoms with Crippen LogP contribution in [0, 0.1) is 0 Å². The van der Waals surface area contributed by atoms with Crippen molar-refractivity contribution in [1.82, 2.24) is 10.6 Å². The van der Waals surface area contributed by atoms with Gasteiger partial charge in [0.15, 0.2) is 0 Å². The number of amides is 2. The molecule has 39 heavy (non-hydrogen) atoms. The van der Waals surface area contributed by atoms with Gasteiger partial charge in [-0.25, -0.2) is 0 Å². The second-order valence-electron chi connectivity index (χ2n) is 9.31. The van der Waals surface area contributed by atoms with Gasteiger partial charge >= 0.3 is 0 Å². The molecule has 0 aliphatic carbocycles. The van der Waals surface area contributed by atoms with Crippen LogP contribution in [0.25, 0.3) is 5.57 Å². The van der Waals surface area contributed by atoms with E-state index in [0.29, 0.717) is 35.6 Å². The van der Waals surface area contributed by atoms with E-state index in [4.69, 9.17) is 10.5 Å². The number of ether oxygens (including phenoxy) is 1. The predicted molar refractivity (Wildman–Crippen MR) is 154 cm³/mol. The van der Waals surface area contributed by atoms with Crippen LogP contribution in [-0.2, 0) is 11.3 Å². The van der Waals surface area contributed by atoms with E-state index in [1.807, 2.05) is 66.7 Å². The van der Waals surface area contributed by atoms with Crippen LogP contribution in [0.15, 0.2) is 109 Å². The van der Waals surface area contributed by atoms with E-state index in [9.17, 15) is 9.59 Å². The SMILES string of the molecule is COc1ccc(C2=C(C(=O)NCc3ccc(C(=O)Nc4ccccc4N)cc3)NC(c3ccccc3)C2)cc1. The topological polar surface area (TPSA) is 105 Å². The van der Waals surface area contributed by atoms with Gasteiger partial charge in [-0.15, -0.1) is 0 Å². The van der Waals surface area contributed by atoms with Crippen molar-refractivity contribution in [3.8, 4) is 5.75 Å². The van der Waals surface area contributed by atoms with E-state index in [1.54, 1.807) is 31.4 Å². The maximum absolute atomic E-state index is 13.4. The fraction of sp³-hybridized carbons (Fsp3) is 0.125. The summed E-state index contributed by atoms with van der Waals surface area (Å²) >= 11 is 0. The monoisotopic (exact) mass is 518 g/mol. The molecular formula is C32H30N4O3. The zero-order chi connectivity index (χ0) is 27.2. The van der Waals surface area contributed by atoms with Crippen molar-refractivity contribution in [3.63, 3.8) is 0 Å². The van der Waals surface area contributed by atoms with E-state index < -0.39 is 0 Å². The second-order valence-corrected chi connectivity index (χ2v) is 9.31. The molecule has 7 heteroatoms. The largest absolute Gasteiger partial charge is 0.497 e. The van der Waals surface area contributed by atoms with Crippen LogP contribution in [0.4, 0.5) is 11.4 Å². The Bertz CT molecular complexity index is 1500. The van der Waals surface area contributed by atoms with Crippen LogP contribution >= 0.6 is 0 Å². The number of methoxy groups -OCH3 is 1. The Balaban J connectivity index is 1.28. The molecule has 0 saturated heterocycles. The molecule has 196 valence electrons. The molecule has 1 atom stereocenters. The Morgan fingerprint density at radius 3 is 2.26 bits per heavy atom. The van der Waals surface area contributed by atoms with Gasteiger partial charge in [0.25, 0.3) is 11.8 Å². The number of nitrogen functional groups attached to an aromatic ring is 1. The zero-order valence-corrected chi connectivity index (χ0v) is 21.6. The Morgan fingerprint density at radius 2 is 1.56 bits per heavy atom. The van der Waals surface area contributed by atoms with Crippen molar-refractivity contribution in [2.75, 3.05) is 18.2 Å². The zero-order valence-electron chi connectivity index (χ0n) is 21.6. The van der Waals surface area contributed by atoms with Crippen LogP contribution in [0.2, 0.25) is 0 Å². The predicted octanol–water partition coefficient (Wildman–Crippen LogP) is 5.29. The number of para-hydroxylation sites is 2. The first-order chi connectivity index (χ1) is 19.0. The average Bonchev–Trinajstić information content (AvgIpc) is 3.44. The van der Waals surface area contributed by atoms with E-state index in [0.717, 1.165) is 28.0 Å². The molecular weight excluding hydrogens is 488 g/mol. The number of nitrogens with one attached hydrogen (secondary N) is 3. The van der Waals surface area contributed by atoms with Crippen molar-refractivity contribution in [1.29, 1.82) is 0 Å². The van der Waals surface area contributed by atoms with Crippen LogP contribution in [0.5, 0.6) is 5.75 Å². The highest BCUT2D eigenvalue weighted by atomic mass is 16.5. The minimum absolute atomic E-state index is 0.000462. The van der Waals surface area contributed by atoms with E-state index in [2.05, 4.69) is 28.1 Å². The summed E-state index contributed by atoms with van der Waals surface area (Å²) < 4.78 is 5.30. The first-order valence-corrected chi connectivity index (χ1v) is 12.7. The van der Waals surface area contributed by atoms with Gasteiger partial charge in [0.05, 0.1) is 24.5 Å². The third-order valence-electron chi connectivity index (χ3n) is 6.77. The van der Waals surface area contributed by atoms with Gasteiger partial charge in [-0.05, 0) is 65.1 Å². The van der Waals surface area contributed by atoms with Crippen molar-refractivity contribution in [3.05, 3.63) is 131 Å². The highest BCUT2D eigenvalue weighted by Crippen LogP contribution is 2.36. The lowest BCUT2D eigenvalue weighted by molar-refractivity contribution is -0.117. The van der Waals surface area contributed by atoms with Gasteiger partial charge in [-0.2, -0.15) is 0 Å². The molecule has 5 rings (SSSR count). The maximum Gasteiger partial charge on any atom is 0.267 e. The molecule has 0 radical (unpaired) electrons. The summed E-state index contributed by atoms with van der Waals surface area (Å²) in [5.41, 5.74) is 12.0. The van der Waals surface area contributed by atoms with Crippen molar-refractivity contribution < 1.29 is 14.3 Å². The molecule has 2 amide bonds. The Morgan fingerprint density at radius 1 is 0.872 bits per heavy atom. The Kier molecular flexibility index (Phi) is 7.59. The van der Waals surface area contributed by atoms with Crippen LogP contribution in [0.3, 0.4) is 0 Å². The summed E-state index contributed by atoms with van der Waals surface area (Å²) in [6.07, 6.45) is 0.689. The van der Waals surface area contributed by atoms with Gasteiger partial charge in [0.2, 0.25) is 0 Å². The number of carbonyl (C=O) groups is 2. The number of carbonyl (C=O) groups excluding carboxylic acids is 2. The minimum atomic E-state index is -0.250. The average molecular weight is 519 g/mol. The molecule has 0 aromatic heterocycles. The summed E-state index contributed by atoms with van der Waals surface area (Å²) in [6.45, 7) is 0.323. The molecule has 4 aromatic rings. The van der Waals surface area contributed by atoms with E-state index in [-0.39, 0.29) is 17.9 Å². The van der Waals surface area contributed by atoms with Gasteiger partial charge in [0.1, 0.15) is 11.4 Å². The van der Waals surface area contributed by atoms with Gasteiger partial charge < -0.3 is 26.4 Å². The van der Waals surface area contributed by atoms with Crippen molar-refractivity contribution in [2.45, 2.75) is 19.0 Å². The number of hydrogen-bond acceptors (Lipinski definition) is 5. The quantitative estimate of drug-likeness (QED) is 0.237. The van der Waals surface area contributed by atoms with Crippen LogP contribution < -0.4 is 26.4 Å². The molecule has 1 aliphatic heterocycles. The summed E-state index contributed by atoms with van der Waals surface area (Å²) in [6, 6.07) is 32.1.